The standard InChI is InChI=1S/C23H24BrN3O2S/c1-30-13-11-21(26-22(28)16-7-2-4-8-18(16)24)23(29)27-12-10-20-17(14-27)15-6-3-5-9-19(15)25-20/h2-9,21,25H,10-14H2,1H3,(H,26,28). The Hall–Kier alpha value is -2.25. The molecule has 0 saturated carbocycles. The number of hydrogen-bond donors (Lipinski definition) is 2. The normalized spacial score (nSPS) is 14.4. The van der Waals surface area contributed by atoms with Crippen molar-refractivity contribution in [3.8, 4) is 0 Å². The van der Waals surface area contributed by atoms with E-state index in [2.05, 4.69) is 38.4 Å². The highest BCUT2D eigenvalue weighted by molar-refractivity contribution is 9.10. The molecule has 0 radical (unpaired) electrons. The summed E-state index contributed by atoms with van der Waals surface area (Å²) in [5.74, 6) is 0.561. The number of fused-ring (bicyclic) bond motifs is 3. The molecular weight excluding hydrogens is 462 g/mol. The lowest BCUT2D eigenvalue weighted by atomic mass is 10.0. The van der Waals surface area contributed by atoms with E-state index in [0.717, 1.165) is 22.2 Å². The van der Waals surface area contributed by atoms with Crippen molar-refractivity contribution in [3.63, 3.8) is 0 Å². The second kappa shape index (κ2) is 9.27. The summed E-state index contributed by atoms with van der Waals surface area (Å²) in [4.78, 5) is 31.6. The summed E-state index contributed by atoms with van der Waals surface area (Å²) in [6.07, 6.45) is 3.41. The molecule has 2 heterocycles. The molecule has 3 aromatic rings. The molecule has 2 amide bonds. The van der Waals surface area contributed by atoms with Crippen LogP contribution in [0, 0.1) is 0 Å². The van der Waals surface area contributed by atoms with Crippen molar-refractivity contribution >= 4 is 50.4 Å². The van der Waals surface area contributed by atoms with Gasteiger partial charge in [-0.2, -0.15) is 11.8 Å². The monoisotopic (exact) mass is 485 g/mol. The van der Waals surface area contributed by atoms with Gasteiger partial charge in [0.05, 0.1) is 5.56 Å². The number of aromatic nitrogens is 1. The largest absolute Gasteiger partial charge is 0.358 e. The van der Waals surface area contributed by atoms with Gasteiger partial charge in [-0.25, -0.2) is 0 Å². The highest BCUT2D eigenvalue weighted by atomic mass is 79.9. The number of carbonyl (C=O) groups excluding carboxylic acids is 2. The molecule has 2 aromatic carbocycles. The van der Waals surface area contributed by atoms with Gasteiger partial charge in [0.2, 0.25) is 5.91 Å². The average Bonchev–Trinajstić information content (AvgIpc) is 3.14. The average molecular weight is 486 g/mol. The van der Waals surface area contributed by atoms with Crippen LogP contribution in [-0.4, -0.2) is 46.3 Å². The summed E-state index contributed by atoms with van der Waals surface area (Å²) in [6, 6.07) is 14.9. The zero-order valence-electron chi connectivity index (χ0n) is 16.8. The fraction of sp³-hybridized carbons (Fsp3) is 0.304. The van der Waals surface area contributed by atoms with Crippen LogP contribution in [0.25, 0.3) is 10.9 Å². The molecular formula is C23H24BrN3O2S. The first kappa shape index (κ1) is 21.0. The fourth-order valence-electron chi connectivity index (χ4n) is 3.95. The van der Waals surface area contributed by atoms with E-state index in [-0.39, 0.29) is 11.8 Å². The van der Waals surface area contributed by atoms with Gasteiger partial charge < -0.3 is 15.2 Å². The maximum Gasteiger partial charge on any atom is 0.253 e. The number of nitrogens with zero attached hydrogens (tertiary/aromatic N) is 1. The Labute approximate surface area is 188 Å². The van der Waals surface area contributed by atoms with Gasteiger partial charge in [-0.1, -0.05) is 30.3 Å². The van der Waals surface area contributed by atoms with E-state index >= 15 is 0 Å². The molecule has 0 fully saturated rings. The third kappa shape index (κ3) is 4.27. The van der Waals surface area contributed by atoms with Gasteiger partial charge in [0.25, 0.3) is 5.91 Å². The van der Waals surface area contributed by atoms with Gasteiger partial charge in [0, 0.05) is 46.1 Å². The predicted molar refractivity (Wildman–Crippen MR) is 126 cm³/mol. The molecule has 0 aliphatic carbocycles. The number of benzene rings is 2. The van der Waals surface area contributed by atoms with Gasteiger partial charge in [0.1, 0.15) is 6.04 Å². The Morgan fingerprint density at radius 3 is 2.77 bits per heavy atom. The lowest BCUT2D eigenvalue weighted by Gasteiger charge is -2.31. The van der Waals surface area contributed by atoms with Crippen LogP contribution < -0.4 is 5.32 Å². The lowest BCUT2D eigenvalue weighted by Crippen LogP contribution is -2.50. The maximum absolute atomic E-state index is 13.4. The van der Waals surface area contributed by atoms with Crippen LogP contribution >= 0.6 is 27.7 Å². The van der Waals surface area contributed by atoms with Crippen LogP contribution in [0.2, 0.25) is 0 Å². The van der Waals surface area contributed by atoms with Crippen LogP contribution in [0.5, 0.6) is 0 Å². The molecule has 5 nitrogen and oxygen atoms in total. The number of aromatic amines is 1. The third-order valence-corrected chi connectivity index (χ3v) is 6.86. The molecule has 0 bridgehead atoms. The molecule has 4 rings (SSSR count). The van der Waals surface area contributed by atoms with E-state index in [1.807, 2.05) is 41.5 Å². The van der Waals surface area contributed by atoms with Crippen molar-refractivity contribution in [2.45, 2.75) is 25.4 Å². The van der Waals surface area contributed by atoms with Crippen molar-refractivity contribution in [2.75, 3.05) is 18.6 Å². The Kier molecular flexibility index (Phi) is 6.49. The number of amides is 2. The maximum atomic E-state index is 13.4. The van der Waals surface area contributed by atoms with Crippen molar-refractivity contribution < 1.29 is 9.59 Å². The predicted octanol–water partition coefficient (Wildman–Crippen LogP) is 4.37. The first-order valence-electron chi connectivity index (χ1n) is 10.00. The van der Waals surface area contributed by atoms with Gasteiger partial charge in [-0.3, -0.25) is 9.59 Å². The van der Waals surface area contributed by atoms with Crippen LogP contribution in [-0.2, 0) is 17.8 Å². The summed E-state index contributed by atoms with van der Waals surface area (Å²) in [7, 11) is 0. The van der Waals surface area contributed by atoms with E-state index in [1.165, 1.54) is 16.6 Å². The Bertz CT molecular complexity index is 1080. The number of hydrogen-bond acceptors (Lipinski definition) is 3. The van der Waals surface area contributed by atoms with Gasteiger partial charge in [-0.15, -0.1) is 0 Å². The number of halogens is 1. The number of nitrogens with one attached hydrogen (secondary N) is 2. The molecule has 1 aliphatic rings. The number of carbonyl (C=O) groups is 2. The molecule has 1 unspecified atom stereocenters. The minimum atomic E-state index is -0.538. The fourth-order valence-corrected chi connectivity index (χ4v) is 4.89. The Balaban J connectivity index is 1.53. The summed E-state index contributed by atoms with van der Waals surface area (Å²) in [5.41, 5.74) is 4.04. The topological polar surface area (TPSA) is 65.2 Å². The minimum Gasteiger partial charge on any atom is -0.358 e. The van der Waals surface area contributed by atoms with Crippen molar-refractivity contribution in [3.05, 3.63) is 69.8 Å². The second-order valence-electron chi connectivity index (χ2n) is 7.42. The zero-order chi connectivity index (χ0) is 21.1. The highest BCUT2D eigenvalue weighted by Gasteiger charge is 2.30. The Morgan fingerprint density at radius 2 is 1.97 bits per heavy atom. The quantitative estimate of drug-likeness (QED) is 0.544. The summed E-state index contributed by atoms with van der Waals surface area (Å²) < 4.78 is 0.722. The van der Waals surface area contributed by atoms with E-state index in [4.69, 9.17) is 0 Å². The molecule has 0 saturated heterocycles. The first-order valence-corrected chi connectivity index (χ1v) is 12.2. The molecule has 156 valence electrons. The van der Waals surface area contributed by atoms with Crippen molar-refractivity contribution in [1.82, 2.24) is 15.2 Å². The van der Waals surface area contributed by atoms with Crippen molar-refractivity contribution in [2.24, 2.45) is 0 Å². The summed E-state index contributed by atoms with van der Waals surface area (Å²) in [6.45, 7) is 1.22. The van der Waals surface area contributed by atoms with Gasteiger partial charge in [0.15, 0.2) is 0 Å². The number of thioether (sulfide) groups is 1. The van der Waals surface area contributed by atoms with Crippen LogP contribution in [0.3, 0.4) is 0 Å². The van der Waals surface area contributed by atoms with E-state index in [1.54, 1.807) is 17.8 Å². The van der Waals surface area contributed by atoms with E-state index in [0.29, 0.717) is 25.1 Å². The van der Waals surface area contributed by atoms with Crippen LogP contribution in [0.15, 0.2) is 53.0 Å². The summed E-state index contributed by atoms with van der Waals surface area (Å²) in [5, 5.41) is 4.15. The smallest absolute Gasteiger partial charge is 0.253 e. The molecule has 2 N–H and O–H groups in total. The SMILES string of the molecule is CSCCC(NC(=O)c1ccccc1Br)C(=O)N1CCc2[nH]c3ccccc3c2C1. The summed E-state index contributed by atoms with van der Waals surface area (Å²) >= 11 is 5.10. The van der Waals surface area contributed by atoms with Crippen LogP contribution in [0.4, 0.5) is 0 Å². The third-order valence-electron chi connectivity index (χ3n) is 5.53. The minimum absolute atomic E-state index is 0.0135. The van der Waals surface area contributed by atoms with Crippen LogP contribution in [0.1, 0.15) is 28.0 Å². The van der Waals surface area contributed by atoms with E-state index < -0.39 is 6.04 Å². The van der Waals surface area contributed by atoms with E-state index in [9.17, 15) is 9.59 Å². The van der Waals surface area contributed by atoms with Gasteiger partial charge in [-0.05, 0) is 52.6 Å². The van der Waals surface area contributed by atoms with Gasteiger partial charge >= 0.3 is 0 Å². The molecule has 1 aliphatic heterocycles. The molecule has 1 aromatic heterocycles. The molecule has 7 heteroatoms. The highest BCUT2D eigenvalue weighted by Crippen LogP contribution is 2.28. The lowest BCUT2D eigenvalue weighted by molar-refractivity contribution is -0.134. The molecule has 30 heavy (non-hydrogen) atoms. The Morgan fingerprint density at radius 1 is 1.20 bits per heavy atom. The second-order valence-corrected chi connectivity index (χ2v) is 9.26. The molecule has 0 spiro atoms. The molecule has 1 atom stereocenters. The zero-order valence-corrected chi connectivity index (χ0v) is 19.2. The first-order chi connectivity index (χ1) is 14.6. The number of H-pyrrole nitrogens is 1. The number of rotatable bonds is 6. The van der Waals surface area contributed by atoms with Crippen molar-refractivity contribution in [1.29, 1.82) is 0 Å². The number of para-hydroxylation sites is 1.